The highest BCUT2D eigenvalue weighted by molar-refractivity contribution is 6.30. The molecule has 1 atom stereocenters. The number of likely N-dealkylation sites (tertiary alicyclic amines) is 1. The lowest BCUT2D eigenvalue weighted by Gasteiger charge is -2.34. The van der Waals surface area contributed by atoms with Crippen molar-refractivity contribution in [2.24, 2.45) is 5.92 Å². The van der Waals surface area contributed by atoms with E-state index in [4.69, 9.17) is 16.1 Å². The molecular weight excluding hydrogens is 352 g/mol. The maximum absolute atomic E-state index is 12.8. The number of aromatic nitrogens is 2. The van der Waals surface area contributed by atoms with Crippen LogP contribution < -0.4 is 5.32 Å². The molecule has 0 bridgehead atoms. The molecule has 138 valence electrons. The summed E-state index contributed by atoms with van der Waals surface area (Å²) in [5.74, 6) is 1.75. The predicted molar refractivity (Wildman–Crippen MR) is 98.9 cm³/mol. The summed E-state index contributed by atoms with van der Waals surface area (Å²) >= 11 is 5.93. The lowest BCUT2D eigenvalue weighted by atomic mass is 9.93. The Morgan fingerprint density at radius 2 is 1.96 bits per heavy atom. The van der Waals surface area contributed by atoms with Crippen molar-refractivity contribution in [3.63, 3.8) is 0 Å². The van der Waals surface area contributed by atoms with Crippen molar-refractivity contribution >= 4 is 17.5 Å². The Bertz CT molecular complexity index is 755. The number of carbonyl (C=O) groups is 1. The topological polar surface area (TPSA) is 71.3 Å². The largest absolute Gasteiger partial charge is 0.342 e. The number of nitrogens with one attached hydrogen (secondary N) is 1. The first-order valence-electron chi connectivity index (χ1n) is 9.30. The van der Waals surface area contributed by atoms with E-state index in [2.05, 4.69) is 15.5 Å². The van der Waals surface area contributed by atoms with Crippen LogP contribution in [0.2, 0.25) is 5.02 Å². The quantitative estimate of drug-likeness (QED) is 0.893. The van der Waals surface area contributed by atoms with Crippen LogP contribution in [0.25, 0.3) is 11.4 Å². The number of rotatable bonds is 3. The van der Waals surface area contributed by atoms with Gasteiger partial charge in [0.05, 0.1) is 5.92 Å². The van der Waals surface area contributed by atoms with Crippen molar-refractivity contribution in [1.82, 2.24) is 20.4 Å². The molecule has 0 radical (unpaired) electrons. The molecule has 2 aliphatic rings. The summed E-state index contributed by atoms with van der Waals surface area (Å²) < 4.78 is 5.52. The van der Waals surface area contributed by atoms with Crippen LogP contribution >= 0.6 is 11.6 Å². The van der Waals surface area contributed by atoms with Gasteiger partial charge in [0, 0.05) is 29.6 Å². The molecule has 4 rings (SSSR count). The SMILES string of the molecule is O=C(C1CCNCC1)N1CCCC(c2nc(-c3ccc(Cl)cc3)no2)C1. The normalized spacial score (nSPS) is 21.7. The molecule has 0 saturated carbocycles. The molecule has 2 aliphatic heterocycles. The van der Waals surface area contributed by atoms with Gasteiger partial charge in [0.25, 0.3) is 0 Å². The number of hydrogen-bond donors (Lipinski definition) is 1. The van der Waals surface area contributed by atoms with E-state index in [9.17, 15) is 4.79 Å². The highest BCUT2D eigenvalue weighted by Crippen LogP contribution is 2.29. The van der Waals surface area contributed by atoms with Crippen molar-refractivity contribution in [2.75, 3.05) is 26.2 Å². The Morgan fingerprint density at radius 1 is 1.19 bits per heavy atom. The Hall–Kier alpha value is -1.92. The zero-order valence-corrected chi connectivity index (χ0v) is 15.4. The predicted octanol–water partition coefficient (Wildman–Crippen LogP) is 3.10. The third-order valence-corrected chi connectivity index (χ3v) is 5.57. The van der Waals surface area contributed by atoms with Gasteiger partial charge >= 0.3 is 0 Å². The zero-order chi connectivity index (χ0) is 17.9. The van der Waals surface area contributed by atoms with Gasteiger partial charge in [-0.15, -0.1) is 0 Å². The lowest BCUT2D eigenvalue weighted by molar-refractivity contribution is -0.137. The fourth-order valence-corrected chi connectivity index (χ4v) is 3.95. The van der Waals surface area contributed by atoms with Gasteiger partial charge in [0.15, 0.2) is 0 Å². The van der Waals surface area contributed by atoms with E-state index in [1.165, 1.54) is 0 Å². The van der Waals surface area contributed by atoms with E-state index in [1.807, 2.05) is 29.2 Å². The Kier molecular flexibility index (Phi) is 5.22. The average Bonchev–Trinajstić information content (AvgIpc) is 3.19. The van der Waals surface area contributed by atoms with Crippen LogP contribution in [-0.4, -0.2) is 47.1 Å². The van der Waals surface area contributed by atoms with Crippen molar-refractivity contribution < 1.29 is 9.32 Å². The molecule has 1 N–H and O–H groups in total. The van der Waals surface area contributed by atoms with Crippen LogP contribution in [0, 0.1) is 5.92 Å². The van der Waals surface area contributed by atoms with Crippen LogP contribution in [0.4, 0.5) is 0 Å². The minimum absolute atomic E-state index is 0.114. The molecule has 1 amide bonds. The first-order chi connectivity index (χ1) is 12.7. The van der Waals surface area contributed by atoms with E-state index in [-0.39, 0.29) is 17.7 Å². The fourth-order valence-electron chi connectivity index (χ4n) is 3.82. The standard InChI is InChI=1S/C19H23ClN4O2/c20-16-5-3-13(4-6-16)17-22-18(26-23-17)15-2-1-11-24(12-15)19(25)14-7-9-21-10-8-14/h3-6,14-15,21H,1-2,7-12H2. The second kappa shape index (κ2) is 7.76. The number of nitrogens with zero attached hydrogens (tertiary/aromatic N) is 3. The van der Waals surface area contributed by atoms with Crippen LogP contribution in [0.1, 0.15) is 37.5 Å². The Balaban J connectivity index is 1.44. The fraction of sp³-hybridized carbons (Fsp3) is 0.526. The van der Waals surface area contributed by atoms with E-state index in [0.717, 1.165) is 50.9 Å². The van der Waals surface area contributed by atoms with E-state index in [0.29, 0.717) is 23.3 Å². The summed E-state index contributed by atoms with van der Waals surface area (Å²) in [7, 11) is 0. The smallest absolute Gasteiger partial charge is 0.231 e. The molecular formula is C19H23ClN4O2. The van der Waals surface area contributed by atoms with Gasteiger partial charge in [0.2, 0.25) is 17.6 Å². The summed E-state index contributed by atoms with van der Waals surface area (Å²) in [6.07, 6.45) is 3.81. The minimum Gasteiger partial charge on any atom is -0.342 e. The summed E-state index contributed by atoms with van der Waals surface area (Å²) in [5.41, 5.74) is 0.878. The van der Waals surface area contributed by atoms with Crippen LogP contribution in [0.3, 0.4) is 0 Å². The van der Waals surface area contributed by atoms with Gasteiger partial charge in [-0.05, 0) is 63.0 Å². The molecule has 1 unspecified atom stereocenters. The van der Waals surface area contributed by atoms with E-state index < -0.39 is 0 Å². The molecule has 2 fully saturated rings. The monoisotopic (exact) mass is 374 g/mol. The van der Waals surface area contributed by atoms with Crippen molar-refractivity contribution in [3.05, 3.63) is 35.2 Å². The van der Waals surface area contributed by atoms with Gasteiger partial charge < -0.3 is 14.7 Å². The number of halogens is 1. The summed E-state index contributed by atoms with van der Waals surface area (Å²) in [4.78, 5) is 19.4. The highest BCUT2D eigenvalue weighted by atomic mass is 35.5. The van der Waals surface area contributed by atoms with Crippen molar-refractivity contribution in [2.45, 2.75) is 31.6 Å². The number of carbonyl (C=O) groups excluding carboxylic acids is 1. The first-order valence-corrected chi connectivity index (χ1v) is 9.67. The number of piperidine rings is 2. The molecule has 7 heteroatoms. The van der Waals surface area contributed by atoms with Gasteiger partial charge in [-0.2, -0.15) is 4.98 Å². The number of benzene rings is 1. The van der Waals surface area contributed by atoms with Crippen molar-refractivity contribution in [1.29, 1.82) is 0 Å². The van der Waals surface area contributed by atoms with Crippen LogP contribution in [0.5, 0.6) is 0 Å². The van der Waals surface area contributed by atoms with Gasteiger partial charge in [-0.25, -0.2) is 0 Å². The molecule has 1 aromatic carbocycles. The maximum Gasteiger partial charge on any atom is 0.231 e. The molecule has 0 spiro atoms. The molecule has 0 aliphatic carbocycles. The maximum atomic E-state index is 12.8. The highest BCUT2D eigenvalue weighted by Gasteiger charge is 2.32. The molecule has 1 aromatic heterocycles. The first kappa shape index (κ1) is 17.5. The van der Waals surface area contributed by atoms with E-state index >= 15 is 0 Å². The minimum atomic E-state index is 0.114. The lowest BCUT2D eigenvalue weighted by Crippen LogP contribution is -2.45. The Morgan fingerprint density at radius 3 is 2.73 bits per heavy atom. The second-order valence-corrected chi connectivity index (χ2v) is 7.55. The van der Waals surface area contributed by atoms with E-state index in [1.54, 1.807) is 0 Å². The second-order valence-electron chi connectivity index (χ2n) is 7.11. The van der Waals surface area contributed by atoms with Gasteiger partial charge in [0.1, 0.15) is 0 Å². The summed E-state index contributed by atoms with van der Waals surface area (Å²) in [6.45, 7) is 3.37. The van der Waals surface area contributed by atoms with Gasteiger partial charge in [-0.3, -0.25) is 4.79 Å². The molecule has 2 aromatic rings. The van der Waals surface area contributed by atoms with Crippen LogP contribution in [0.15, 0.2) is 28.8 Å². The molecule has 6 nitrogen and oxygen atoms in total. The van der Waals surface area contributed by atoms with Crippen LogP contribution in [-0.2, 0) is 4.79 Å². The third-order valence-electron chi connectivity index (χ3n) is 5.31. The molecule has 2 saturated heterocycles. The summed E-state index contributed by atoms with van der Waals surface area (Å²) in [5, 5.41) is 8.10. The summed E-state index contributed by atoms with van der Waals surface area (Å²) in [6, 6.07) is 7.38. The molecule has 3 heterocycles. The average molecular weight is 375 g/mol. The zero-order valence-electron chi connectivity index (χ0n) is 14.7. The number of amides is 1. The number of hydrogen-bond acceptors (Lipinski definition) is 5. The van der Waals surface area contributed by atoms with Gasteiger partial charge in [-0.1, -0.05) is 16.8 Å². The van der Waals surface area contributed by atoms with Crippen molar-refractivity contribution in [3.8, 4) is 11.4 Å². The molecule has 26 heavy (non-hydrogen) atoms. The third kappa shape index (κ3) is 3.76. The Labute approximate surface area is 157 Å².